The lowest BCUT2D eigenvalue weighted by Crippen LogP contribution is -2.60. The van der Waals surface area contributed by atoms with Gasteiger partial charge in [0.05, 0.1) is 35.8 Å². The van der Waals surface area contributed by atoms with Gasteiger partial charge in [-0.2, -0.15) is 8.42 Å². The van der Waals surface area contributed by atoms with Crippen LogP contribution in [-0.2, 0) is 99.5 Å². The zero-order valence-electron chi connectivity index (χ0n) is 57.4. The molecule has 2 fully saturated rings. The standard InChI is InChI=1S/C66H95ClN8O24S/c1-35(2)29-46-63(89)96-44(11-10-12-50(78)72-43(31-39-15-19-45(94-8)41(67)30-39)61(87)71-34-66(6,7)65(90)98-46)37(5)58-59(99-58)40-16-13-38(14-17-40)32-70-60(86)42(18-20-49(77)69-33-47-55(83)56(84)57(85)64(95-9)97-47)73-62(88)54(36(3)4)74-51(79)23-26-75(27-24-53(81)82)52(80)22-21-48(76)68-25-28-100(91,92)93/h10,12-17,19,30,35-37,42-44,46-47,54-59,64,83-85H,11,18,20-29,31-34H2,1-9H3,(H,68,76)(H,69,77)(H,70,86)(H,71,87)(H,72,78)(H,73,88)(H,74,79)(H,81,82)(H,91,92,93)/b12-10+/t37-,42-,43+,44-,46-,47+,54-,55+,56-,57+,58+,59+,64+/m0/s1. The van der Waals surface area contributed by atoms with E-state index in [4.69, 9.17) is 44.6 Å². The summed E-state index contributed by atoms with van der Waals surface area (Å²) in [4.78, 5) is 148. The summed E-state index contributed by atoms with van der Waals surface area (Å²) < 4.78 is 65.0. The topological polar surface area (TPSA) is 469 Å². The minimum absolute atomic E-state index is 0.00416. The molecule has 2 aromatic rings. The van der Waals surface area contributed by atoms with Crippen molar-refractivity contribution in [3.05, 3.63) is 76.3 Å². The molecular weight excluding hydrogens is 1360 g/mol. The van der Waals surface area contributed by atoms with Gasteiger partial charge in [-0.05, 0) is 73.4 Å². The van der Waals surface area contributed by atoms with Crippen LogP contribution in [0.15, 0.2) is 54.6 Å². The Morgan fingerprint density at radius 1 is 0.790 bits per heavy atom. The molecule has 8 amide bonds. The van der Waals surface area contributed by atoms with E-state index in [-0.39, 0.29) is 69.3 Å². The smallest absolute Gasteiger partial charge is 0.347 e. The molecule has 0 aliphatic carbocycles. The maximum absolute atomic E-state index is 14.2. The van der Waals surface area contributed by atoms with E-state index in [0.29, 0.717) is 22.4 Å². The number of amides is 8. The number of hydrogen-bond acceptors (Lipinski definition) is 22. The van der Waals surface area contributed by atoms with Crippen LogP contribution in [0, 0.1) is 23.2 Å². The molecule has 13 atom stereocenters. The van der Waals surface area contributed by atoms with Crippen molar-refractivity contribution in [1.82, 2.24) is 42.1 Å². The van der Waals surface area contributed by atoms with Gasteiger partial charge in [0.15, 0.2) is 12.4 Å². The number of carbonyl (C=O) groups excluding carboxylic acids is 10. The molecule has 0 radical (unpaired) electrons. The fourth-order valence-electron chi connectivity index (χ4n) is 10.7. The Morgan fingerprint density at radius 2 is 1.46 bits per heavy atom. The number of methoxy groups -OCH3 is 2. The molecule has 3 aliphatic rings. The predicted octanol–water partition coefficient (Wildman–Crippen LogP) is 0.194. The number of esters is 2. The third-order valence-electron chi connectivity index (χ3n) is 16.8. The fraction of sp³-hybridized carbons (Fsp3) is 0.621. The second-order valence-electron chi connectivity index (χ2n) is 26.2. The van der Waals surface area contributed by atoms with E-state index in [1.165, 1.54) is 26.4 Å². The normalized spacial score (nSPS) is 24.0. The average molecular weight is 1450 g/mol. The van der Waals surface area contributed by atoms with Gasteiger partial charge in [0.2, 0.25) is 47.3 Å². The number of aliphatic carboxylic acids is 1. The van der Waals surface area contributed by atoms with Gasteiger partial charge >= 0.3 is 17.9 Å². The molecule has 0 saturated carbocycles. The van der Waals surface area contributed by atoms with E-state index in [1.54, 1.807) is 77.1 Å². The van der Waals surface area contributed by atoms with E-state index >= 15 is 0 Å². The first-order valence-corrected chi connectivity index (χ1v) is 34.8. The molecule has 5 rings (SSSR count). The number of rotatable bonds is 33. The number of carbonyl (C=O) groups is 11. The number of carboxylic acid groups (broad SMARTS) is 1. The first-order chi connectivity index (χ1) is 47.0. The molecule has 32 nitrogen and oxygen atoms in total. The molecular formula is C66H95ClN8O24S. The number of nitrogens with zero attached hydrogens (tertiary/aromatic N) is 1. The maximum Gasteiger partial charge on any atom is 0.347 e. The second kappa shape index (κ2) is 38.8. The van der Waals surface area contributed by atoms with E-state index in [0.717, 1.165) is 4.90 Å². The second-order valence-corrected chi connectivity index (χ2v) is 28.1. The summed E-state index contributed by atoms with van der Waals surface area (Å²) >= 11 is 6.39. The summed E-state index contributed by atoms with van der Waals surface area (Å²) in [6.07, 6.45) is -10.6. The third kappa shape index (κ3) is 26.6. The molecule has 3 heterocycles. The minimum Gasteiger partial charge on any atom is -0.495 e. The van der Waals surface area contributed by atoms with Crippen molar-refractivity contribution in [3.8, 4) is 5.75 Å². The lowest BCUT2D eigenvalue weighted by atomic mass is 9.92. The zero-order valence-corrected chi connectivity index (χ0v) is 59.0. The Hall–Kier alpha value is -7.89. The number of cyclic esters (lactones) is 2. The Balaban J connectivity index is 1.29. The van der Waals surface area contributed by atoms with E-state index < -0.39 is 210 Å². The first kappa shape index (κ1) is 82.8. The van der Waals surface area contributed by atoms with Crippen LogP contribution in [-0.4, -0.2) is 223 Å². The third-order valence-corrected chi connectivity index (χ3v) is 17.8. The summed E-state index contributed by atoms with van der Waals surface area (Å²) in [6.45, 7) is 9.91. The largest absolute Gasteiger partial charge is 0.495 e. The lowest BCUT2D eigenvalue weighted by Gasteiger charge is -2.39. The van der Waals surface area contributed by atoms with E-state index in [2.05, 4.69) is 37.2 Å². The van der Waals surface area contributed by atoms with Gasteiger partial charge in [0.25, 0.3) is 10.1 Å². The number of aliphatic hydroxyl groups excluding tert-OH is 3. The Bertz CT molecular complexity index is 3340. The van der Waals surface area contributed by atoms with Crippen LogP contribution in [0.25, 0.3) is 0 Å². The maximum atomic E-state index is 14.2. The van der Waals surface area contributed by atoms with Gasteiger partial charge in [-0.25, -0.2) is 4.79 Å². The van der Waals surface area contributed by atoms with Crippen molar-refractivity contribution < 1.29 is 115 Å². The summed E-state index contributed by atoms with van der Waals surface area (Å²) in [5, 5.41) is 59.0. The van der Waals surface area contributed by atoms with Crippen molar-refractivity contribution in [2.24, 2.45) is 23.2 Å². The highest BCUT2D eigenvalue weighted by molar-refractivity contribution is 7.85. The van der Waals surface area contributed by atoms with Gasteiger partial charge < -0.3 is 91.0 Å². The average Bonchev–Trinajstić information content (AvgIpc) is 1.63. The SMILES string of the molecule is COc1ccc(C[C@H]2NC(=O)/C=C/C[C@@H]([C@H](C)[C@H]3O[C@@H]3c3ccc(CNC(=O)[C@H](CCC(=O)NC[C@H]4O[C@@H](OC)[C@H](O)[C@@H](O)[C@@H]4O)NC(=O)[C@@H](NC(=O)CCN(CCC(=O)O)C(=O)CCC(=O)NCCS(=O)(=O)O)C(C)C)cc3)OC(=O)[C@H](CC(C)C)OC(=O)C(C)(C)CNC2=O)cc1Cl. The highest BCUT2D eigenvalue weighted by Crippen LogP contribution is 2.45. The van der Waals surface area contributed by atoms with Crippen molar-refractivity contribution in [2.45, 2.75) is 186 Å². The van der Waals surface area contributed by atoms with Crippen LogP contribution in [0.2, 0.25) is 5.02 Å². The zero-order chi connectivity index (χ0) is 74.3. The summed E-state index contributed by atoms with van der Waals surface area (Å²) in [5.74, 6) is -10.3. The van der Waals surface area contributed by atoms with Crippen molar-refractivity contribution in [2.75, 3.05) is 52.7 Å². The Morgan fingerprint density at radius 3 is 2.09 bits per heavy atom. The number of epoxide rings is 1. The summed E-state index contributed by atoms with van der Waals surface area (Å²) in [6, 6.07) is 7.96. The van der Waals surface area contributed by atoms with Crippen molar-refractivity contribution in [1.29, 1.82) is 0 Å². The molecule has 2 saturated heterocycles. The van der Waals surface area contributed by atoms with Gasteiger partial charge in [0, 0.05) is 90.8 Å². The van der Waals surface area contributed by atoms with Gasteiger partial charge in [-0.15, -0.1) is 0 Å². The number of benzene rings is 2. The van der Waals surface area contributed by atoms with Crippen LogP contribution < -0.4 is 42.0 Å². The molecule has 100 heavy (non-hydrogen) atoms. The molecule has 0 bridgehead atoms. The van der Waals surface area contributed by atoms with E-state index in [9.17, 15) is 81.6 Å². The number of ether oxygens (including phenoxy) is 6. The number of halogens is 1. The molecule has 0 aromatic heterocycles. The van der Waals surface area contributed by atoms with Gasteiger partial charge in [-0.1, -0.05) is 82.6 Å². The van der Waals surface area contributed by atoms with Crippen LogP contribution in [0.4, 0.5) is 0 Å². The molecule has 12 N–H and O–H groups in total. The van der Waals surface area contributed by atoms with Crippen LogP contribution in [0.1, 0.15) is 123 Å². The number of aliphatic hydroxyl groups is 3. The molecule has 0 spiro atoms. The molecule has 556 valence electrons. The highest BCUT2D eigenvalue weighted by atomic mass is 35.5. The van der Waals surface area contributed by atoms with Crippen molar-refractivity contribution >= 4 is 86.9 Å². The summed E-state index contributed by atoms with van der Waals surface area (Å²) in [7, 11) is -1.72. The quantitative estimate of drug-likeness (QED) is 0.0258. The highest BCUT2D eigenvalue weighted by Gasteiger charge is 2.49. The first-order valence-electron chi connectivity index (χ1n) is 32.8. The van der Waals surface area contributed by atoms with Gasteiger partial charge in [-0.3, -0.25) is 52.5 Å². The molecule has 0 unspecified atom stereocenters. The summed E-state index contributed by atoms with van der Waals surface area (Å²) in [5.41, 5.74) is 0.523. The van der Waals surface area contributed by atoms with E-state index in [1.807, 2.05) is 13.8 Å². The van der Waals surface area contributed by atoms with Crippen LogP contribution >= 0.6 is 11.6 Å². The Kier molecular flexibility index (Phi) is 32.1. The van der Waals surface area contributed by atoms with Crippen LogP contribution in [0.5, 0.6) is 5.75 Å². The molecule has 2 aromatic carbocycles. The molecule has 34 heteroatoms. The Labute approximate surface area is 585 Å². The number of nitrogens with one attached hydrogen (secondary N) is 7. The minimum atomic E-state index is -4.38. The monoisotopic (exact) mass is 1450 g/mol. The molecule has 3 aliphatic heterocycles. The van der Waals surface area contributed by atoms with Crippen LogP contribution in [0.3, 0.4) is 0 Å². The van der Waals surface area contributed by atoms with Gasteiger partial charge in [0.1, 0.15) is 60.5 Å². The lowest BCUT2D eigenvalue weighted by molar-refractivity contribution is -0.288. The number of hydrogen-bond donors (Lipinski definition) is 12. The van der Waals surface area contributed by atoms with Crippen molar-refractivity contribution in [3.63, 3.8) is 0 Å². The number of carboxylic acids is 1. The predicted molar refractivity (Wildman–Crippen MR) is 355 cm³/mol. The fourth-order valence-corrected chi connectivity index (χ4v) is 11.4.